The second kappa shape index (κ2) is 6.68. The molecule has 1 aromatic rings. The van der Waals surface area contributed by atoms with Crippen molar-refractivity contribution in [3.05, 3.63) is 16.0 Å². The van der Waals surface area contributed by atoms with Crippen LogP contribution < -0.4 is 15.7 Å². The van der Waals surface area contributed by atoms with E-state index in [2.05, 4.69) is 10.6 Å². The first-order valence-electron chi connectivity index (χ1n) is 6.48. The highest BCUT2D eigenvalue weighted by molar-refractivity contribution is 7.17. The Morgan fingerprint density at radius 2 is 2.05 bits per heavy atom. The Labute approximate surface area is 125 Å². The van der Waals surface area contributed by atoms with Gasteiger partial charge in [-0.1, -0.05) is 0 Å². The minimum absolute atomic E-state index is 0.00513. The third-order valence-electron chi connectivity index (χ3n) is 3.15. The number of ether oxygens (including phenoxy) is 1. The van der Waals surface area contributed by atoms with Crippen molar-refractivity contribution in [3.63, 3.8) is 0 Å². The molecule has 0 bridgehead atoms. The van der Waals surface area contributed by atoms with Crippen molar-refractivity contribution >= 4 is 34.1 Å². The molecule has 114 valence electrons. The Morgan fingerprint density at radius 1 is 1.29 bits per heavy atom. The van der Waals surface area contributed by atoms with Crippen LogP contribution in [-0.2, 0) is 27.2 Å². The maximum absolute atomic E-state index is 11.7. The van der Waals surface area contributed by atoms with Gasteiger partial charge in [0.05, 0.1) is 12.6 Å². The number of aryl methyl sites for hydroxylation is 1. The summed E-state index contributed by atoms with van der Waals surface area (Å²) in [4.78, 5) is 35.4. The van der Waals surface area contributed by atoms with Gasteiger partial charge in [0.1, 0.15) is 5.00 Å². The van der Waals surface area contributed by atoms with Crippen LogP contribution in [0.15, 0.2) is 0 Å². The number of anilines is 1. The fraction of sp³-hybridized carbons (Fsp3) is 0.462. The van der Waals surface area contributed by atoms with E-state index in [1.807, 2.05) is 0 Å². The van der Waals surface area contributed by atoms with Gasteiger partial charge < -0.3 is 25.3 Å². The van der Waals surface area contributed by atoms with Gasteiger partial charge in [0, 0.05) is 24.1 Å². The number of carbonyl (C=O) groups is 3. The molecule has 0 saturated heterocycles. The number of amides is 2. The van der Waals surface area contributed by atoms with Crippen LogP contribution in [-0.4, -0.2) is 38.0 Å². The zero-order valence-corrected chi connectivity index (χ0v) is 12.3. The highest BCUT2D eigenvalue weighted by Crippen LogP contribution is 2.38. The van der Waals surface area contributed by atoms with E-state index in [0.29, 0.717) is 6.42 Å². The molecular weight excluding hydrogens is 296 g/mol. The molecule has 1 aromatic heterocycles. The summed E-state index contributed by atoms with van der Waals surface area (Å²) in [7, 11) is 1.48. The third kappa shape index (κ3) is 3.40. The minimum Gasteiger partial charge on any atom is -0.545 e. The second-order valence-corrected chi connectivity index (χ2v) is 5.66. The fourth-order valence-electron chi connectivity index (χ4n) is 2.22. The molecule has 1 aliphatic carbocycles. The quantitative estimate of drug-likeness (QED) is 0.552. The molecule has 0 fully saturated rings. The molecule has 0 aromatic carbocycles. The second-order valence-electron chi connectivity index (χ2n) is 4.55. The summed E-state index contributed by atoms with van der Waals surface area (Å²) in [5, 5.41) is 16.1. The number of nitrogens with one attached hydrogen (secondary N) is 2. The number of fused-ring (bicyclic) bond motifs is 1. The number of hydrogen-bond donors (Lipinski definition) is 2. The molecule has 0 atom stereocenters. The van der Waals surface area contributed by atoms with Gasteiger partial charge in [-0.15, -0.1) is 11.3 Å². The molecule has 0 unspecified atom stereocenters. The average molecular weight is 311 g/mol. The van der Waals surface area contributed by atoms with E-state index < -0.39 is 17.8 Å². The minimum atomic E-state index is -1.33. The number of rotatable bonds is 5. The number of aromatic carboxylic acids is 1. The van der Waals surface area contributed by atoms with Crippen LogP contribution >= 0.6 is 11.3 Å². The van der Waals surface area contributed by atoms with E-state index in [1.165, 1.54) is 18.4 Å². The van der Waals surface area contributed by atoms with Gasteiger partial charge in [-0.25, -0.2) is 0 Å². The molecular formula is C13H15N2O5S-. The first-order valence-corrected chi connectivity index (χ1v) is 7.30. The van der Waals surface area contributed by atoms with E-state index >= 15 is 0 Å². The number of methoxy groups -OCH3 is 1. The summed E-state index contributed by atoms with van der Waals surface area (Å²) in [6, 6.07) is 0. The zero-order valence-electron chi connectivity index (χ0n) is 11.5. The van der Waals surface area contributed by atoms with Crippen molar-refractivity contribution in [1.82, 2.24) is 5.32 Å². The molecule has 8 heteroatoms. The Balaban J connectivity index is 2.08. The van der Waals surface area contributed by atoms with Crippen molar-refractivity contribution in [1.29, 1.82) is 0 Å². The number of carboxylic acids is 1. The number of thiophene rings is 1. The molecule has 0 saturated carbocycles. The van der Waals surface area contributed by atoms with Crippen molar-refractivity contribution in [2.45, 2.75) is 19.3 Å². The van der Waals surface area contributed by atoms with Crippen LogP contribution in [0.4, 0.5) is 5.00 Å². The van der Waals surface area contributed by atoms with Crippen LogP contribution in [0, 0.1) is 0 Å². The molecule has 1 heterocycles. The Bertz CT molecular complexity index is 581. The Morgan fingerprint density at radius 3 is 2.71 bits per heavy atom. The van der Waals surface area contributed by atoms with Gasteiger partial charge in [-0.3, -0.25) is 9.59 Å². The number of carboxylic acid groups (broad SMARTS) is 1. The Kier molecular flexibility index (Phi) is 4.92. The topological polar surface area (TPSA) is 108 Å². The summed E-state index contributed by atoms with van der Waals surface area (Å²) in [5.74, 6) is -3.05. The maximum atomic E-state index is 11.7. The molecule has 1 aliphatic rings. The van der Waals surface area contributed by atoms with Gasteiger partial charge in [0.2, 0.25) is 0 Å². The predicted octanol–water partition coefficient (Wildman–Crippen LogP) is -0.699. The SMILES string of the molecule is COCCNC(=O)C(=O)Nc1sc2c(c1C(=O)[O-])CCC2. The molecule has 2 rings (SSSR count). The lowest BCUT2D eigenvalue weighted by Gasteiger charge is -2.09. The molecule has 7 nitrogen and oxygen atoms in total. The average Bonchev–Trinajstić information content (AvgIpc) is 2.98. The predicted molar refractivity (Wildman–Crippen MR) is 74.2 cm³/mol. The maximum Gasteiger partial charge on any atom is 0.314 e. The smallest absolute Gasteiger partial charge is 0.314 e. The molecule has 0 aliphatic heterocycles. The summed E-state index contributed by atoms with van der Waals surface area (Å²) in [6.45, 7) is 0.494. The summed E-state index contributed by atoms with van der Waals surface area (Å²) in [6.07, 6.45) is 2.34. The van der Waals surface area contributed by atoms with Gasteiger partial charge >= 0.3 is 11.8 Å². The monoisotopic (exact) mass is 311 g/mol. The standard InChI is InChI=1S/C13H16N2O5S/c1-20-6-5-14-10(16)11(17)15-12-9(13(18)19)7-3-2-4-8(7)21-12/h2-6H2,1H3,(H,14,16)(H,15,17)(H,18,19)/p-1. The summed E-state index contributed by atoms with van der Waals surface area (Å²) in [5.41, 5.74) is 0.723. The normalized spacial score (nSPS) is 12.8. The third-order valence-corrected chi connectivity index (χ3v) is 4.36. The molecule has 21 heavy (non-hydrogen) atoms. The van der Waals surface area contributed by atoms with Crippen LogP contribution in [0.25, 0.3) is 0 Å². The molecule has 2 amide bonds. The molecule has 2 N–H and O–H groups in total. The number of carbonyl (C=O) groups excluding carboxylic acids is 3. The van der Waals surface area contributed by atoms with Gasteiger partial charge in [0.25, 0.3) is 0 Å². The van der Waals surface area contributed by atoms with Crippen LogP contribution in [0.2, 0.25) is 0 Å². The van der Waals surface area contributed by atoms with E-state index in [0.717, 1.165) is 23.3 Å². The van der Waals surface area contributed by atoms with Crippen molar-refractivity contribution in [2.24, 2.45) is 0 Å². The lowest BCUT2D eigenvalue weighted by molar-refractivity contribution is -0.254. The lowest BCUT2D eigenvalue weighted by atomic mass is 10.1. The lowest BCUT2D eigenvalue weighted by Crippen LogP contribution is -2.37. The van der Waals surface area contributed by atoms with Gasteiger partial charge in [-0.2, -0.15) is 0 Å². The van der Waals surface area contributed by atoms with E-state index in [-0.39, 0.29) is 23.7 Å². The fourth-order valence-corrected chi connectivity index (χ4v) is 3.49. The summed E-state index contributed by atoms with van der Waals surface area (Å²) >= 11 is 1.19. The highest BCUT2D eigenvalue weighted by Gasteiger charge is 2.25. The Hall–Kier alpha value is -1.93. The molecule has 0 spiro atoms. The van der Waals surface area contributed by atoms with Crippen molar-refractivity contribution in [2.75, 3.05) is 25.6 Å². The first kappa shape index (κ1) is 15.5. The van der Waals surface area contributed by atoms with E-state index in [4.69, 9.17) is 4.74 Å². The van der Waals surface area contributed by atoms with Gasteiger partial charge in [-0.05, 0) is 24.8 Å². The first-order chi connectivity index (χ1) is 10.0. The van der Waals surface area contributed by atoms with Gasteiger partial charge in [0.15, 0.2) is 0 Å². The van der Waals surface area contributed by atoms with Crippen molar-refractivity contribution < 1.29 is 24.2 Å². The van der Waals surface area contributed by atoms with E-state index in [9.17, 15) is 19.5 Å². The largest absolute Gasteiger partial charge is 0.545 e. The van der Waals surface area contributed by atoms with E-state index in [1.54, 1.807) is 0 Å². The molecule has 0 radical (unpaired) electrons. The number of hydrogen-bond acceptors (Lipinski definition) is 6. The van der Waals surface area contributed by atoms with Crippen molar-refractivity contribution in [3.8, 4) is 0 Å². The summed E-state index contributed by atoms with van der Waals surface area (Å²) < 4.78 is 4.75. The van der Waals surface area contributed by atoms with Crippen LogP contribution in [0.5, 0.6) is 0 Å². The zero-order chi connectivity index (χ0) is 15.4. The highest BCUT2D eigenvalue weighted by atomic mass is 32.1. The van der Waals surface area contributed by atoms with Crippen LogP contribution in [0.1, 0.15) is 27.2 Å². The van der Waals surface area contributed by atoms with Crippen LogP contribution in [0.3, 0.4) is 0 Å².